The molecule has 0 fully saturated rings. The van der Waals surface area contributed by atoms with Gasteiger partial charge >= 0.3 is 0 Å². The van der Waals surface area contributed by atoms with E-state index in [4.69, 9.17) is 4.74 Å². The number of aromatic amines is 1. The second-order valence-electron chi connectivity index (χ2n) is 8.34. The van der Waals surface area contributed by atoms with Crippen LogP contribution >= 0.6 is 0 Å². The first-order chi connectivity index (χ1) is 16.7. The third-order valence-electron chi connectivity index (χ3n) is 5.35. The van der Waals surface area contributed by atoms with Crippen molar-refractivity contribution in [3.63, 3.8) is 0 Å². The van der Waals surface area contributed by atoms with E-state index in [-0.39, 0.29) is 5.91 Å². The van der Waals surface area contributed by atoms with Gasteiger partial charge in [0.05, 0.1) is 17.9 Å². The summed E-state index contributed by atoms with van der Waals surface area (Å²) in [5.41, 5.74) is 3.67. The Bertz CT molecular complexity index is 1470. The van der Waals surface area contributed by atoms with Crippen LogP contribution in [0.2, 0.25) is 0 Å². The number of aliphatic hydroxyl groups is 1. The molecule has 1 heterocycles. The molecule has 5 N–H and O–H groups in total. The lowest BCUT2D eigenvalue weighted by atomic mass is 10.1. The van der Waals surface area contributed by atoms with Gasteiger partial charge in [-0.3, -0.25) is 9.52 Å². The van der Waals surface area contributed by atoms with Gasteiger partial charge < -0.3 is 25.5 Å². The smallest absolute Gasteiger partial charge is 0.229 e. The van der Waals surface area contributed by atoms with Crippen LogP contribution in [0.5, 0.6) is 5.75 Å². The maximum absolute atomic E-state index is 11.4. The van der Waals surface area contributed by atoms with Gasteiger partial charge in [0.1, 0.15) is 12.4 Å². The molecule has 184 valence electrons. The third-order valence-corrected chi connectivity index (χ3v) is 5.96. The van der Waals surface area contributed by atoms with Crippen molar-refractivity contribution in [1.29, 1.82) is 0 Å². The van der Waals surface area contributed by atoms with Gasteiger partial charge in [-0.15, -0.1) is 0 Å². The summed E-state index contributed by atoms with van der Waals surface area (Å²) in [6, 6.07) is 18.2. The van der Waals surface area contributed by atoms with E-state index in [0.717, 1.165) is 33.7 Å². The lowest BCUT2D eigenvalue weighted by Crippen LogP contribution is -2.26. The Morgan fingerprint density at radius 3 is 2.63 bits per heavy atom. The Kier molecular flexibility index (Phi) is 7.25. The molecule has 0 saturated carbocycles. The van der Waals surface area contributed by atoms with Gasteiger partial charge in [0.2, 0.25) is 15.9 Å². The average molecular weight is 497 g/mol. The van der Waals surface area contributed by atoms with Crippen LogP contribution in [0.1, 0.15) is 18.6 Å². The molecular formula is C25H28N4O5S. The van der Waals surface area contributed by atoms with Crippen molar-refractivity contribution in [1.82, 2.24) is 10.3 Å². The molecule has 0 aliphatic heterocycles. The summed E-state index contributed by atoms with van der Waals surface area (Å²) in [6.07, 6.45) is 0.291. The number of anilines is 2. The van der Waals surface area contributed by atoms with E-state index in [0.29, 0.717) is 36.7 Å². The van der Waals surface area contributed by atoms with Crippen LogP contribution in [-0.2, 0) is 14.8 Å². The van der Waals surface area contributed by atoms with Crippen LogP contribution in [-0.4, -0.2) is 50.4 Å². The number of carbonyl (C=O) groups excluding carboxylic acids is 1. The molecular weight excluding hydrogens is 468 g/mol. The Labute approximate surface area is 203 Å². The Morgan fingerprint density at radius 1 is 1.03 bits per heavy atom. The first kappa shape index (κ1) is 24.5. The zero-order chi connectivity index (χ0) is 25.0. The number of rotatable bonds is 10. The number of carbonyl (C=O) groups is 1. The van der Waals surface area contributed by atoms with E-state index in [1.807, 2.05) is 36.4 Å². The molecule has 1 amide bonds. The van der Waals surface area contributed by atoms with Gasteiger partial charge in [-0.1, -0.05) is 12.1 Å². The highest BCUT2D eigenvalue weighted by Gasteiger charge is 2.10. The highest BCUT2D eigenvalue weighted by molar-refractivity contribution is 7.92. The Balaban J connectivity index is 1.30. The number of hydrogen-bond donors (Lipinski definition) is 5. The maximum atomic E-state index is 11.4. The molecule has 0 bridgehead atoms. The van der Waals surface area contributed by atoms with Crippen molar-refractivity contribution < 1.29 is 23.1 Å². The van der Waals surface area contributed by atoms with E-state index in [2.05, 4.69) is 20.3 Å². The number of nitrogens with one attached hydrogen (secondary N) is 4. The van der Waals surface area contributed by atoms with Gasteiger partial charge in [-0.25, -0.2) is 8.42 Å². The van der Waals surface area contributed by atoms with Crippen LogP contribution in [0.15, 0.2) is 60.7 Å². The number of ether oxygens (including phenoxy) is 1. The zero-order valence-corrected chi connectivity index (χ0v) is 20.3. The molecule has 1 atom stereocenters. The summed E-state index contributed by atoms with van der Waals surface area (Å²) in [6.45, 7) is 2.70. The van der Waals surface area contributed by atoms with Crippen LogP contribution in [0, 0.1) is 0 Å². The highest BCUT2D eigenvalue weighted by atomic mass is 32.2. The number of hydrogen-bond acceptors (Lipinski definition) is 6. The summed E-state index contributed by atoms with van der Waals surface area (Å²) in [5.74, 6) is 0.603. The largest absolute Gasteiger partial charge is 0.492 e. The molecule has 0 aliphatic carbocycles. The van der Waals surface area contributed by atoms with Crippen molar-refractivity contribution >= 4 is 49.1 Å². The van der Waals surface area contributed by atoms with E-state index < -0.39 is 16.1 Å². The minimum Gasteiger partial charge on any atom is -0.492 e. The number of fused-ring (bicyclic) bond motifs is 3. The van der Waals surface area contributed by atoms with Gasteiger partial charge in [-0.05, 0) is 48.0 Å². The lowest BCUT2D eigenvalue weighted by molar-refractivity contribution is -0.114. The second-order valence-corrected chi connectivity index (χ2v) is 10.1. The molecule has 0 aliphatic rings. The molecule has 4 aromatic rings. The standard InChI is InChI=1S/C25H28N4O5S/c1-16(30)27-18-6-9-23-22(13-18)21-8-7-20(14-24(21)28-23)34-11-10-26-15-25(31)17-4-3-5-19(12-17)29-35(2,32)33/h3-9,12-14,25-26,28-29,31H,10-11,15H2,1-2H3,(H,27,30). The molecule has 10 heteroatoms. The average Bonchev–Trinajstić information content (AvgIpc) is 3.14. The van der Waals surface area contributed by atoms with Crippen LogP contribution in [0.4, 0.5) is 11.4 Å². The fourth-order valence-electron chi connectivity index (χ4n) is 3.87. The predicted octanol–water partition coefficient (Wildman–Crippen LogP) is 3.35. The molecule has 0 saturated heterocycles. The number of sulfonamides is 1. The quantitative estimate of drug-likeness (QED) is 0.214. The summed E-state index contributed by atoms with van der Waals surface area (Å²) < 4.78 is 31.0. The molecule has 9 nitrogen and oxygen atoms in total. The maximum Gasteiger partial charge on any atom is 0.229 e. The van der Waals surface area contributed by atoms with Crippen molar-refractivity contribution in [3.05, 3.63) is 66.2 Å². The monoisotopic (exact) mass is 496 g/mol. The Morgan fingerprint density at radius 2 is 1.86 bits per heavy atom. The molecule has 1 unspecified atom stereocenters. The molecule has 35 heavy (non-hydrogen) atoms. The summed E-state index contributed by atoms with van der Waals surface area (Å²) in [5, 5.41) is 18.4. The summed E-state index contributed by atoms with van der Waals surface area (Å²) in [4.78, 5) is 14.7. The first-order valence-corrected chi connectivity index (χ1v) is 13.0. The van der Waals surface area contributed by atoms with Crippen LogP contribution in [0.3, 0.4) is 0 Å². The molecule has 1 aromatic heterocycles. The number of benzene rings is 3. The number of H-pyrrole nitrogens is 1. The van der Waals surface area contributed by atoms with E-state index >= 15 is 0 Å². The molecule has 4 rings (SSSR count). The van der Waals surface area contributed by atoms with E-state index in [1.54, 1.807) is 24.3 Å². The zero-order valence-electron chi connectivity index (χ0n) is 19.5. The van der Waals surface area contributed by atoms with E-state index in [9.17, 15) is 18.3 Å². The Hall–Kier alpha value is -3.60. The fraction of sp³-hybridized carbons (Fsp3) is 0.240. The molecule has 0 radical (unpaired) electrons. The summed E-state index contributed by atoms with van der Waals surface area (Å²) >= 11 is 0. The third kappa shape index (κ3) is 6.50. The lowest BCUT2D eigenvalue weighted by Gasteiger charge is -2.14. The molecule has 3 aromatic carbocycles. The number of aliphatic hydroxyl groups excluding tert-OH is 1. The van der Waals surface area contributed by atoms with Crippen molar-refractivity contribution in [2.45, 2.75) is 13.0 Å². The normalized spacial score (nSPS) is 12.5. The summed E-state index contributed by atoms with van der Waals surface area (Å²) in [7, 11) is -3.38. The first-order valence-electron chi connectivity index (χ1n) is 11.1. The fourth-order valence-corrected chi connectivity index (χ4v) is 4.43. The van der Waals surface area contributed by atoms with Gasteiger partial charge in [0, 0.05) is 53.7 Å². The SMILES string of the molecule is CC(=O)Nc1ccc2[nH]c3cc(OCCNCC(O)c4cccc(NS(C)(=O)=O)c4)ccc3c2c1. The number of amides is 1. The van der Waals surface area contributed by atoms with Gasteiger partial charge in [0.15, 0.2) is 0 Å². The van der Waals surface area contributed by atoms with Gasteiger partial charge in [-0.2, -0.15) is 0 Å². The second kappa shape index (κ2) is 10.3. The van der Waals surface area contributed by atoms with E-state index in [1.165, 1.54) is 6.92 Å². The van der Waals surface area contributed by atoms with Crippen molar-refractivity contribution in [2.24, 2.45) is 0 Å². The minimum atomic E-state index is -3.38. The van der Waals surface area contributed by atoms with Crippen LogP contribution < -0.4 is 20.1 Å². The van der Waals surface area contributed by atoms with Crippen LogP contribution in [0.25, 0.3) is 21.8 Å². The molecule has 0 spiro atoms. The van der Waals surface area contributed by atoms with Crippen molar-refractivity contribution in [3.8, 4) is 5.75 Å². The minimum absolute atomic E-state index is 0.113. The van der Waals surface area contributed by atoms with Gasteiger partial charge in [0.25, 0.3) is 0 Å². The van der Waals surface area contributed by atoms with Crippen molar-refractivity contribution in [2.75, 3.05) is 36.0 Å². The predicted molar refractivity (Wildman–Crippen MR) is 138 cm³/mol. The topological polar surface area (TPSA) is 133 Å². The highest BCUT2D eigenvalue weighted by Crippen LogP contribution is 2.30. The number of aromatic nitrogens is 1.